The summed E-state index contributed by atoms with van der Waals surface area (Å²) in [6, 6.07) is 3.64. The summed E-state index contributed by atoms with van der Waals surface area (Å²) in [6.07, 6.45) is 0.941. The van der Waals surface area contributed by atoms with Gasteiger partial charge in [-0.1, -0.05) is 0 Å². The zero-order valence-corrected chi connectivity index (χ0v) is 18.3. The molecule has 9 heteroatoms. The number of carbonyl (C=O) groups is 2. The Morgan fingerprint density at radius 1 is 1.23 bits per heavy atom. The monoisotopic (exact) mass is 434 g/mol. The third-order valence-electron chi connectivity index (χ3n) is 4.61. The number of aliphatic carboxylic acids is 1. The maximum Gasteiger partial charge on any atom is 0.407 e. The first kappa shape index (κ1) is 24.2. The Kier molecular flexibility index (Phi) is 8.04. The molecule has 4 N–H and O–H groups in total. The number of benzene rings is 1. The first-order valence-corrected chi connectivity index (χ1v) is 10.2. The van der Waals surface area contributed by atoms with Crippen molar-refractivity contribution in [2.45, 2.75) is 65.1 Å². The van der Waals surface area contributed by atoms with Gasteiger partial charge in [-0.15, -0.1) is 0 Å². The number of amides is 1. The molecule has 1 atom stereocenters. The van der Waals surface area contributed by atoms with E-state index in [0.29, 0.717) is 42.3 Å². The summed E-state index contributed by atoms with van der Waals surface area (Å²) in [5.74, 6) is -1.11. The number of carboxylic acids is 1. The quantitative estimate of drug-likeness (QED) is 0.349. The Bertz CT molecular complexity index is 992. The molecule has 170 valence electrons. The van der Waals surface area contributed by atoms with Crippen LogP contribution in [0.3, 0.4) is 0 Å². The zero-order chi connectivity index (χ0) is 23.2. The average Bonchev–Trinajstić information content (AvgIpc) is 2.63. The SMILES string of the molecule is Cc1cc(=O)oc2c(CNC(CCCCNC(=O)OC(C)(C)C)C(=O)O)c(O)ccc12. The van der Waals surface area contributed by atoms with Crippen LogP contribution < -0.4 is 16.3 Å². The molecule has 1 aromatic carbocycles. The number of aromatic hydroxyl groups is 1. The summed E-state index contributed by atoms with van der Waals surface area (Å²) in [5, 5.41) is 25.9. The standard InChI is InChI=1S/C22H30N2O7/c1-13-11-18(26)30-19-14(13)8-9-17(25)15(19)12-24-16(20(27)28)7-5-6-10-23-21(29)31-22(2,3)4/h8-9,11,16,24-25H,5-7,10,12H2,1-4H3,(H,23,29)(H,27,28). The second-order valence-electron chi connectivity index (χ2n) is 8.38. The van der Waals surface area contributed by atoms with Gasteiger partial charge in [-0.25, -0.2) is 9.59 Å². The fourth-order valence-electron chi connectivity index (χ4n) is 3.12. The minimum absolute atomic E-state index is 0.0166. The molecular weight excluding hydrogens is 404 g/mol. The van der Waals surface area contributed by atoms with Gasteiger partial charge in [0.2, 0.25) is 0 Å². The summed E-state index contributed by atoms with van der Waals surface area (Å²) >= 11 is 0. The molecule has 2 aromatic rings. The molecule has 1 unspecified atom stereocenters. The number of phenolic OH excluding ortho intramolecular Hbond substituents is 1. The molecule has 0 bridgehead atoms. The number of aryl methyl sites for hydroxylation is 1. The summed E-state index contributed by atoms with van der Waals surface area (Å²) in [6.45, 7) is 7.47. The van der Waals surface area contributed by atoms with Crippen molar-refractivity contribution in [3.63, 3.8) is 0 Å². The fourth-order valence-corrected chi connectivity index (χ4v) is 3.12. The van der Waals surface area contributed by atoms with Crippen molar-refractivity contribution in [2.75, 3.05) is 6.54 Å². The molecule has 1 aromatic heterocycles. The summed E-state index contributed by atoms with van der Waals surface area (Å²) in [4.78, 5) is 35.0. The molecule has 0 spiro atoms. The summed E-state index contributed by atoms with van der Waals surface area (Å²) in [7, 11) is 0. The predicted molar refractivity (Wildman–Crippen MR) is 115 cm³/mol. The Morgan fingerprint density at radius 2 is 1.94 bits per heavy atom. The minimum Gasteiger partial charge on any atom is -0.507 e. The number of carboxylic acid groups (broad SMARTS) is 1. The van der Waals surface area contributed by atoms with Crippen molar-refractivity contribution < 1.29 is 29.0 Å². The number of rotatable bonds is 9. The number of alkyl carbamates (subject to hydrolysis) is 1. The van der Waals surface area contributed by atoms with Gasteiger partial charge in [-0.3, -0.25) is 4.79 Å². The average molecular weight is 434 g/mol. The van der Waals surface area contributed by atoms with E-state index in [2.05, 4.69) is 10.6 Å². The highest BCUT2D eigenvalue weighted by molar-refractivity contribution is 5.85. The highest BCUT2D eigenvalue weighted by Crippen LogP contribution is 2.28. The van der Waals surface area contributed by atoms with Crippen LogP contribution in [-0.2, 0) is 16.1 Å². The van der Waals surface area contributed by atoms with Crippen molar-refractivity contribution in [3.05, 3.63) is 39.7 Å². The summed E-state index contributed by atoms with van der Waals surface area (Å²) in [5.41, 5.74) is 0.163. The van der Waals surface area contributed by atoms with Crippen molar-refractivity contribution in [1.29, 1.82) is 0 Å². The zero-order valence-electron chi connectivity index (χ0n) is 18.3. The Balaban J connectivity index is 1.94. The van der Waals surface area contributed by atoms with Crippen molar-refractivity contribution >= 4 is 23.0 Å². The predicted octanol–water partition coefficient (Wildman–Crippen LogP) is 3.04. The number of nitrogens with one attached hydrogen (secondary N) is 2. The lowest BCUT2D eigenvalue weighted by Crippen LogP contribution is -2.36. The molecule has 1 amide bonds. The first-order valence-electron chi connectivity index (χ1n) is 10.2. The van der Waals surface area contributed by atoms with Crippen molar-refractivity contribution in [2.24, 2.45) is 0 Å². The number of phenols is 1. The van der Waals surface area contributed by atoms with E-state index in [1.54, 1.807) is 33.8 Å². The highest BCUT2D eigenvalue weighted by Gasteiger charge is 2.20. The Morgan fingerprint density at radius 3 is 2.58 bits per heavy atom. The van der Waals surface area contributed by atoms with Crippen LogP contribution in [0.25, 0.3) is 11.0 Å². The van der Waals surface area contributed by atoms with Gasteiger partial charge in [0.1, 0.15) is 23.0 Å². The van der Waals surface area contributed by atoms with E-state index in [0.717, 1.165) is 0 Å². The molecule has 0 aliphatic rings. The maximum absolute atomic E-state index is 11.7. The Labute approximate surface area is 180 Å². The first-order chi connectivity index (χ1) is 14.5. The van der Waals surface area contributed by atoms with E-state index in [4.69, 9.17) is 9.15 Å². The number of hydrogen-bond donors (Lipinski definition) is 4. The van der Waals surface area contributed by atoms with Crippen LogP contribution in [0.4, 0.5) is 4.79 Å². The molecule has 31 heavy (non-hydrogen) atoms. The van der Waals surface area contributed by atoms with Gasteiger partial charge in [0, 0.05) is 24.5 Å². The normalized spacial score (nSPS) is 12.5. The third-order valence-corrected chi connectivity index (χ3v) is 4.61. The van der Waals surface area contributed by atoms with Gasteiger partial charge >= 0.3 is 17.7 Å². The van der Waals surface area contributed by atoms with E-state index in [9.17, 15) is 24.6 Å². The van der Waals surface area contributed by atoms with E-state index >= 15 is 0 Å². The van der Waals surface area contributed by atoms with E-state index in [-0.39, 0.29) is 17.9 Å². The molecule has 0 saturated carbocycles. The maximum atomic E-state index is 11.7. The van der Waals surface area contributed by atoms with Gasteiger partial charge in [0.25, 0.3) is 0 Å². The van der Waals surface area contributed by atoms with Crippen LogP contribution in [0.5, 0.6) is 5.75 Å². The van der Waals surface area contributed by atoms with E-state index < -0.39 is 29.3 Å². The van der Waals surface area contributed by atoms with Gasteiger partial charge in [0.05, 0.1) is 5.56 Å². The van der Waals surface area contributed by atoms with Crippen LogP contribution >= 0.6 is 0 Å². The van der Waals surface area contributed by atoms with Crippen molar-refractivity contribution in [3.8, 4) is 5.75 Å². The number of ether oxygens (including phenoxy) is 1. The molecule has 0 fully saturated rings. The fraction of sp³-hybridized carbons (Fsp3) is 0.500. The lowest BCUT2D eigenvalue weighted by Gasteiger charge is -2.19. The van der Waals surface area contributed by atoms with Crippen LogP contribution in [-0.4, -0.2) is 40.5 Å². The molecule has 0 aliphatic carbocycles. The number of unbranched alkanes of at least 4 members (excludes halogenated alkanes) is 1. The summed E-state index contributed by atoms with van der Waals surface area (Å²) < 4.78 is 10.4. The molecule has 0 radical (unpaired) electrons. The molecule has 2 rings (SSSR count). The highest BCUT2D eigenvalue weighted by atomic mass is 16.6. The number of hydrogen-bond acceptors (Lipinski definition) is 7. The molecule has 0 aliphatic heterocycles. The molecule has 9 nitrogen and oxygen atoms in total. The third kappa shape index (κ3) is 7.29. The smallest absolute Gasteiger partial charge is 0.407 e. The number of fused-ring (bicyclic) bond motifs is 1. The largest absolute Gasteiger partial charge is 0.507 e. The minimum atomic E-state index is -1.03. The van der Waals surface area contributed by atoms with E-state index in [1.807, 2.05) is 0 Å². The molecule has 0 saturated heterocycles. The second kappa shape index (κ2) is 10.3. The van der Waals surface area contributed by atoms with Gasteiger partial charge in [-0.05, 0) is 64.7 Å². The van der Waals surface area contributed by atoms with Gasteiger partial charge in [0.15, 0.2) is 0 Å². The van der Waals surface area contributed by atoms with Crippen molar-refractivity contribution in [1.82, 2.24) is 10.6 Å². The number of carbonyl (C=O) groups excluding carboxylic acids is 1. The lowest BCUT2D eigenvalue weighted by molar-refractivity contribution is -0.139. The van der Waals surface area contributed by atoms with Crippen LogP contribution in [0.1, 0.15) is 51.2 Å². The second-order valence-corrected chi connectivity index (χ2v) is 8.38. The lowest BCUT2D eigenvalue weighted by atomic mass is 10.0. The topological polar surface area (TPSA) is 138 Å². The Hall–Kier alpha value is -3.07. The molecule has 1 heterocycles. The van der Waals surface area contributed by atoms with Gasteiger partial charge < -0.3 is 30.0 Å². The van der Waals surface area contributed by atoms with Crippen LogP contribution in [0.15, 0.2) is 27.4 Å². The molecular formula is C22H30N2O7. The van der Waals surface area contributed by atoms with Crippen LogP contribution in [0.2, 0.25) is 0 Å². The van der Waals surface area contributed by atoms with E-state index in [1.165, 1.54) is 12.1 Å². The van der Waals surface area contributed by atoms with Crippen LogP contribution in [0, 0.1) is 6.92 Å². The van der Waals surface area contributed by atoms with Gasteiger partial charge in [-0.2, -0.15) is 0 Å².